The zero-order valence-electron chi connectivity index (χ0n) is 21.4. The van der Waals surface area contributed by atoms with Gasteiger partial charge in [-0.2, -0.15) is 5.10 Å². The third-order valence-corrected chi connectivity index (χ3v) is 9.96. The summed E-state index contributed by atoms with van der Waals surface area (Å²) in [7, 11) is -3.32. The lowest BCUT2D eigenvalue weighted by molar-refractivity contribution is 0.187. The Balaban J connectivity index is 1.15. The second kappa shape index (κ2) is 8.51. The number of hydrogen-bond acceptors (Lipinski definition) is 8. The summed E-state index contributed by atoms with van der Waals surface area (Å²) in [5, 5.41) is 7.66. The van der Waals surface area contributed by atoms with E-state index in [2.05, 4.69) is 44.3 Å². The van der Waals surface area contributed by atoms with E-state index in [0.29, 0.717) is 21.9 Å². The number of nitrogens with zero attached hydrogens (tertiary/aromatic N) is 5. The number of rotatable bonds is 3. The van der Waals surface area contributed by atoms with Crippen LogP contribution in [0.25, 0.3) is 11.2 Å². The Kier molecular flexibility index (Phi) is 5.28. The minimum atomic E-state index is -3.32. The molecule has 2 aliphatic heterocycles. The maximum Gasteiger partial charge on any atom is 0.183 e. The summed E-state index contributed by atoms with van der Waals surface area (Å²) in [6.45, 7) is 2.51. The van der Waals surface area contributed by atoms with Crippen molar-refractivity contribution >= 4 is 38.3 Å². The second-order valence-electron chi connectivity index (χ2n) is 11.0. The summed E-state index contributed by atoms with van der Waals surface area (Å²) >= 11 is 0. The van der Waals surface area contributed by atoms with E-state index in [1.54, 1.807) is 12.1 Å². The van der Waals surface area contributed by atoms with Gasteiger partial charge in [0, 0.05) is 37.6 Å². The molecule has 0 bridgehead atoms. The van der Waals surface area contributed by atoms with Crippen LogP contribution in [0, 0.1) is 5.41 Å². The zero-order chi connectivity index (χ0) is 26.1. The van der Waals surface area contributed by atoms with Crippen molar-refractivity contribution < 1.29 is 8.42 Å². The summed E-state index contributed by atoms with van der Waals surface area (Å²) in [5.74, 6) is 1.52. The molecule has 9 nitrogen and oxygen atoms in total. The van der Waals surface area contributed by atoms with Crippen molar-refractivity contribution in [3.05, 3.63) is 65.4 Å². The SMILES string of the molecule is CS(=O)(=O)c1cccc2c1CCCN2c1n[nH]c2nc(N3CCC4(CC3)Cc3ccccc3C4N)cnc12. The molecule has 1 spiro atoms. The van der Waals surface area contributed by atoms with Crippen molar-refractivity contribution in [1.29, 1.82) is 0 Å². The molecular formula is C28H31N7O2S. The van der Waals surface area contributed by atoms with Gasteiger partial charge in [-0.25, -0.2) is 18.4 Å². The molecule has 1 fully saturated rings. The number of nitrogens with two attached hydrogens (primary N) is 1. The van der Waals surface area contributed by atoms with Gasteiger partial charge in [-0.15, -0.1) is 0 Å². The fraction of sp³-hybridized carbons (Fsp3) is 0.393. The van der Waals surface area contributed by atoms with Gasteiger partial charge in [0.25, 0.3) is 0 Å². The van der Waals surface area contributed by atoms with E-state index in [4.69, 9.17) is 15.7 Å². The molecule has 4 heterocycles. The van der Waals surface area contributed by atoms with Gasteiger partial charge in [0.05, 0.1) is 11.1 Å². The van der Waals surface area contributed by atoms with Crippen LogP contribution < -0.4 is 15.5 Å². The number of anilines is 3. The smallest absolute Gasteiger partial charge is 0.183 e. The predicted molar refractivity (Wildman–Crippen MR) is 148 cm³/mol. The van der Waals surface area contributed by atoms with Crippen LogP contribution in [0.5, 0.6) is 0 Å². The molecule has 1 atom stereocenters. The van der Waals surface area contributed by atoms with Crippen LogP contribution in [0.1, 0.15) is 42.0 Å². The number of nitrogens with one attached hydrogen (secondary N) is 1. The number of H-pyrrole nitrogens is 1. The molecular weight excluding hydrogens is 498 g/mol. The van der Waals surface area contributed by atoms with E-state index in [-0.39, 0.29) is 11.5 Å². The van der Waals surface area contributed by atoms with Crippen molar-refractivity contribution in [1.82, 2.24) is 20.2 Å². The molecule has 1 saturated heterocycles. The summed E-state index contributed by atoms with van der Waals surface area (Å²) in [6.07, 6.45) is 7.74. The number of fused-ring (bicyclic) bond motifs is 3. The van der Waals surface area contributed by atoms with Crippen LogP contribution in [-0.4, -0.2) is 54.5 Å². The number of aromatic nitrogens is 4. The van der Waals surface area contributed by atoms with E-state index in [9.17, 15) is 8.42 Å². The van der Waals surface area contributed by atoms with Crippen molar-refractivity contribution in [3.8, 4) is 0 Å². The fourth-order valence-electron chi connectivity index (χ4n) is 6.77. The number of benzene rings is 2. The lowest BCUT2D eigenvalue weighted by atomic mass is 9.73. The maximum atomic E-state index is 12.4. The molecule has 7 rings (SSSR count). The first-order valence-corrected chi connectivity index (χ1v) is 15.1. The molecule has 0 saturated carbocycles. The summed E-state index contributed by atoms with van der Waals surface area (Å²) in [6, 6.07) is 14.1. The Morgan fingerprint density at radius 2 is 1.89 bits per heavy atom. The summed E-state index contributed by atoms with van der Waals surface area (Å²) in [4.78, 5) is 14.4. The molecule has 38 heavy (non-hydrogen) atoms. The van der Waals surface area contributed by atoms with Crippen molar-refractivity contribution in [2.75, 3.05) is 35.7 Å². The molecule has 0 amide bonds. The van der Waals surface area contributed by atoms with E-state index in [1.165, 1.54) is 17.4 Å². The highest BCUT2D eigenvalue weighted by molar-refractivity contribution is 7.90. The normalized spacial score (nSPS) is 20.6. The van der Waals surface area contributed by atoms with Crippen LogP contribution in [-0.2, 0) is 22.7 Å². The summed E-state index contributed by atoms with van der Waals surface area (Å²) in [5.41, 5.74) is 12.6. The van der Waals surface area contributed by atoms with Gasteiger partial charge < -0.3 is 15.5 Å². The molecule has 10 heteroatoms. The average molecular weight is 530 g/mol. The molecule has 3 aliphatic rings. The molecule has 2 aromatic heterocycles. The van der Waals surface area contributed by atoms with Crippen LogP contribution in [0.15, 0.2) is 53.6 Å². The number of sulfone groups is 1. The topological polar surface area (TPSA) is 121 Å². The number of piperidine rings is 1. The molecule has 0 radical (unpaired) electrons. The first-order valence-electron chi connectivity index (χ1n) is 13.2. The Bertz CT molecular complexity index is 1660. The van der Waals surface area contributed by atoms with Gasteiger partial charge in [0.1, 0.15) is 5.82 Å². The molecule has 1 unspecified atom stereocenters. The van der Waals surface area contributed by atoms with Crippen LogP contribution in [0.3, 0.4) is 0 Å². The Morgan fingerprint density at radius 1 is 1.08 bits per heavy atom. The third kappa shape index (κ3) is 3.61. The van der Waals surface area contributed by atoms with Gasteiger partial charge >= 0.3 is 0 Å². The highest BCUT2D eigenvalue weighted by Gasteiger charge is 2.46. The third-order valence-electron chi connectivity index (χ3n) is 8.78. The Labute approximate surface area is 222 Å². The molecule has 4 aromatic rings. The standard InChI is InChI=1S/C28H31N7O2S/c1-38(36,37)22-10-4-9-21-20(22)8-5-13-35(21)27-24-26(32-33-27)31-23(17-30-24)34-14-11-28(12-15-34)16-18-6-2-3-7-19(18)25(28)29/h2-4,6-7,9-10,17,25H,5,8,11-16,29H2,1H3,(H,31,32,33). The van der Waals surface area contributed by atoms with Gasteiger partial charge in [0.15, 0.2) is 26.8 Å². The maximum absolute atomic E-state index is 12.4. The first kappa shape index (κ1) is 23.6. The molecule has 196 valence electrons. The van der Waals surface area contributed by atoms with Crippen LogP contribution in [0.2, 0.25) is 0 Å². The largest absolute Gasteiger partial charge is 0.355 e. The van der Waals surface area contributed by atoms with E-state index < -0.39 is 9.84 Å². The van der Waals surface area contributed by atoms with Crippen LogP contribution in [0.4, 0.5) is 17.3 Å². The number of hydrogen-bond donors (Lipinski definition) is 2. The van der Waals surface area contributed by atoms with Gasteiger partial charge in [-0.1, -0.05) is 30.3 Å². The van der Waals surface area contributed by atoms with Crippen LogP contribution >= 0.6 is 0 Å². The summed E-state index contributed by atoms with van der Waals surface area (Å²) < 4.78 is 24.8. The Hall–Kier alpha value is -3.50. The second-order valence-corrected chi connectivity index (χ2v) is 12.9. The van der Waals surface area contributed by atoms with E-state index in [1.807, 2.05) is 12.3 Å². The molecule has 1 aliphatic carbocycles. The lowest BCUT2D eigenvalue weighted by Gasteiger charge is -2.42. The quantitative estimate of drug-likeness (QED) is 0.412. The molecule has 3 N–H and O–H groups in total. The first-order chi connectivity index (χ1) is 18.3. The van der Waals surface area contributed by atoms with Crippen molar-refractivity contribution in [3.63, 3.8) is 0 Å². The average Bonchev–Trinajstić information content (AvgIpc) is 3.46. The van der Waals surface area contributed by atoms with Gasteiger partial charge in [-0.3, -0.25) is 5.10 Å². The monoisotopic (exact) mass is 529 g/mol. The number of aromatic amines is 1. The van der Waals surface area contributed by atoms with Gasteiger partial charge in [-0.05, 0) is 66.3 Å². The van der Waals surface area contributed by atoms with Crippen molar-refractivity contribution in [2.45, 2.75) is 43.0 Å². The minimum Gasteiger partial charge on any atom is -0.355 e. The van der Waals surface area contributed by atoms with E-state index in [0.717, 1.165) is 68.8 Å². The highest BCUT2D eigenvalue weighted by Crippen LogP contribution is 2.51. The highest BCUT2D eigenvalue weighted by atomic mass is 32.2. The predicted octanol–water partition coefficient (Wildman–Crippen LogP) is 3.68. The van der Waals surface area contributed by atoms with E-state index >= 15 is 0 Å². The Morgan fingerprint density at radius 3 is 2.68 bits per heavy atom. The minimum absolute atomic E-state index is 0.0835. The fourth-order valence-corrected chi connectivity index (χ4v) is 7.75. The molecule has 2 aromatic carbocycles. The van der Waals surface area contributed by atoms with Gasteiger partial charge in [0.2, 0.25) is 0 Å². The lowest BCUT2D eigenvalue weighted by Crippen LogP contribution is -2.44. The zero-order valence-corrected chi connectivity index (χ0v) is 22.2. The van der Waals surface area contributed by atoms with Crippen molar-refractivity contribution in [2.24, 2.45) is 11.1 Å².